The first-order valence-electron chi connectivity index (χ1n) is 6.71. The van der Waals surface area contributed by atoms with Gasteiger partial charge in [0.15, 0.2) is 0 Å². The Morgan fingerprint density at radius 2 is 1.92 bits per heavy atom. The first kappa shape index (κ1) is 18.9. The molecule has 1 amide bonds. The average Bonchev–Trinajstić information content (AvgIpc) is 2.81. The lowest BCUT2D eigenvalue weighted by atomic mass is 10.1. The Hall–Kier alpha value is -2.40. The molecule has 1 aromatic rings. The van der Waals surface area contributed by atoms with E-state index >= 15 is 0 Å². The third kappa shape index (κ3) is 3.66. The van der Waals surface area contributed by atoms with Crippen LogP contribution in [0.25, 0.3) is 0 Å². The highest BCUT2D eigenvalue weighted by molar-refractivity contribution is 5.95. The van der Waals surface area contributed by atoms with Gasteiger partial charge >= 0.3 is 12.5 Å². The van der Waals surface area contributed by atoms with Gasteiger partial charge < -0.3 is 9.84 Å². The number of hydrogen-bond acceptors (Lipinski definition) is 5. The quantitative estimate of drug-likeness (QED) is 0.799. The minimum Gasteiger partial charge on any atom is -0.497 e. The van der Waals surface area contributed by atoms with E-state index in [0.29, 0.717) is 6.08 Å². The van der Waals surface area contributed by atoms with Crippen LogP contribution in [-0.4, -0.2) is 41.3 Å². The molecule has 1 heterocycles. The molecule has 1 aliphatic rings. The van der Waals surface area contributed by atoms with E-state index in [1.807, 2.05) is 0 Å². The number of nitrogens with one attached hydrogen (secondary N) is 1. The van der Waals surface area contributed by atoms with E-state index in [1.54, 1.807) is 0 Å². The van der Waals surface area contributed by atoms with E-state index in [0.717, 1.165) is 0 Å². The summed E-state index contributed by atoms with van der Waals surface area (Å²) in [5, 5.41) is 10.1. The number of allylic oxidation sites excluding steroid dienone is 1. The van der Waals surface area contributed by atoms with Gasteiger partial charge in [0.2, 0.25) is 0 Å². The molecule has 0 unspecified atom stereocenters. The van der Waals surface area contributed by atoms with Crippen molar-refractivity contribution in [2.75, 3.05) is 7.11 Å². The van der Waals surface area contributed by atoms with Crippen molar-refractivity contribution < 1.29 is 41.3 Å². The summed E-state index contributed by atoms with van der Waals surface area (Å²) in [6.07, 6.45) is -10.6. The molecule has 6 nitrogen and oxygen atoms in total. The molecular formula is C14H13F5N2O4. The zero-order valence-corrected chi connectivity index (χ0v) is 12.9. The lowest BCUT2D eigenvalue weighted by molar-refractivity contribution is -0.463. The van der Waals surface area contributed by atoms with Gasteiger partial charge in [-0.1, -0.05) is 6.07 Å². The number of carbonyl (C=O) groups is 1. The van der Waals surface area contributed by atoms with Crippen molar-refractivity contribution in [2.45, 2.75) is 25.1 Å². The molecule has 0 radical (unpaired) electrons. The molecule has 0 aliphatic carbocycles. The molecule has 0 saturated heterocycles. The lowest BCUT2D eigenvalue weighted by Gasteiger charge is -2.37. The average molecular weight is 368 g/mol. The van der Waals surface area contributed by atoms with Crippen LogP contribution in [-0.2, 0) is 4.74 Å². The molecule has 0 spiro atoms. The first-order chi connectivity index (χ1) is 11.4. The van der Waals surface area contributed by atoms with E-state index in [1.165, 1.54) is 38.3 Å². The smallest absolute Gasteiger partial charge is 0.497 e. The largest absolute Gasteiger partial charge is 0.527 e. The second-order valence-electron chi connectivity index (χ2n) is 5.10. The topological polar surface area (TPSA) is 71.0 Å². The van der Waals surface area contributed by atoms with Crippen LogP contribution in [0.4, 0.5) is 22.0 Å². The molecule has 1 aromatic carbocycles. The van der Waals surface area contributed by atoms with Crippen molar-refractivity contribution >= 4 is 5.91 Å². The zero-order chi connectivity index (χ0) is 19.0. The monoisotopic (exact) mass is 368 g/mol. The molecule has 0 aromatic heterocycles. The zero-order valence-electron chi connectivity index (χ0n) is 12.9. The number of hydrazine groups is 1. The van der Waals surface area contributed by atoms with Crippen molar-refractivity contribution in [3.8, 4) is 5.75 Å². The van der Waals surface area contributed by atoms with E-state index in [-0.39, 0.29) is 22.0 Å². The SMILES string of the molecule is COc1cccc(C(=O)N2NC(C)=C[C@]2(O)C(F)(F)OC(F)(F)F)c1. The third-order valence-electron chi connectivity index (χ3n) is 3.24. The third-order valence-corrected chi connectivity index (χ3v) is 3.24. The second kappa shape index (κ2) is 6.15. The Labute approximate surface area is 138 Å². The minimum atomic E-state index is -5.74. The molecule has 0 fully saturated rings. The molecule has 0 saturated carbocycles. The summed E-state index contributed by atoms with van der Waals surface area (Å²) in [5.41, 5.74) is -1.99. The number of halogens is 5. The highest BCUT2D eigenvalue weighted by Gasteiger charge is 2.65. The maximum absolute atomic E-state index is 14.0. The fraction of sp³-hybridized carbons (Fsp3) is 0.357. The highest BCUT2D eigenvalue weighted by Crippen LogP contribution is 2.41. The van der Waals surface area contributed by atoms with Gasteiger partial charge in [-0.05, 0) is 31.2 Å². The Bertz CT molecular complexity index is 707. The van der Waals surface area contributed by atoms with E-state index in [9.17, 15) is 31.9 Å². The Morgan fingerprint density at radius 3 is 2.48 bits per heavy atom. The van der Waals surface area contributed by atoms with Crippen LogP contribution >= 0.6 is 0 Å². The van der Waals surface area contributed by atoms with Gasteiger partial charge in [0, 0.05) is 11.3 Å². The number of rotatable bonds is 4. The van der Waals surface area contributed by atoms with Crippen LogP contribution in [0.15, 0.2) is 36.0 Å². The van der Waals surface area contributed by atoms with E-state index in [4.69, 9.17) is 4.74 Å². The first-order valence-corrected chi connectivity index (χ1v) is 6.71. The lowest BCUT2D eigenvalue weighted by Crippen LogP contribution is -2.63. The van der Waals surface area contributed by atoms with Crippen LogP contribution in [0.1, 0.15) is 17.3 Å². The van der Waals surface area contributed by atoms with Gasteiger partial charge in [-0.25, -0.2) is 9.75 Å². The number of hydrogen-bond donors (Lipinski definition) is 2. The van der Waals surface area contributed by atoms with Crippen molar-refractivity contribution in [3.63, 3.8) is 0 Å². The number of amides is 1. The van der Waals surface area contributed by atoms with Gasteiger partial charge in [-0.15, -0.1) is 13.2 Å². The predicted octanol–water partition coefficient (Wildman–Crippen LogP) is 2.38. The summed E-state index contributed by atoms with van der Waals surface area (Å²) in [4.78, 5) is 12.4. The predicted molar refractivity (Wildman–Crippen MR) is 73.1 cm³/mol. The fourth-order valence-electron chi connectivity index (χ4n) is 2.19. The van der Waals surface area contributed by atoms with Gasteiger partial charge in [0.25, 0.3) is 11.6 Å². The van der Waals surface area contributed by atoms with E-state index < -0.39 is 24.1 Å². The molecule has 1 atom stereocenters. The number of nitrogens with zero attached hydrogens (tertiary/aromatic N) is 1. The van der Waals surface area contributed by atoms with Gasteiger partial charge in [0.05, 0.1) is 7.11 Å². The molecular weight excluding hydrogens is 355 g/mol. The molecule has 11 heteroatoms. The summed E-state index contributed by atoms with van der Waals surface area (Å²) in [6.45, 7) is 1.17. The molecule has 1 aliphatic heterocycles. The molecule has 2 rings (SSSR count). The minimum absolute atomic E-state index is 0.0388. The standard InChI is InChI=1S/C14H13F5N2O4/c1-8-7-12(23,13(15,16)25-14(17,18)19)21(20-8)11(22)9-4-3-5-10(6-9)24-2/h3-7,20,23H,1-2H3/t12-/m0/s1. The van der Waals surface area contributed by atoms with Crippen LogP contribution in [0.5, 0.6) is 5.75 Å². The maximum Gasteiger partial charge on any atom is 0.527 e. The van der Waals surface area contributed by atoms with Crippen LogP contribution in [0.2, 0.25) is 0 Å². The fourth-order valence-corrected chi connectivity index (χ4v) is 2.19. The van der Waals surface area contributed by atoms with E-state index in [2.05, 4.69) is 10.2 Å². The van der Waals surface area contributed by atoms with Crippen LogP contribution < -0.4 is 10.2 Å². The Kier molecular flexibility index (Phi) is 4.66. The van der Waals surface area contributed by atoms with Crippen molar-refractivity contribution in [1.82, 2.24) is 10.4 Å². The van der Waals surface area contributed by atoms with Gasteiger partial charge in [-0.3, -0.25) is 10.2 Å². The highest BCUT2D eigenvalue weighted by atomic mass is 19.4. The molecule has 138 valence electrons. The number of benzene rings is 1. The molecule has 0 bridgehead atoms. The summed E-state index contributed by atoms with van der Waals surface area (Å²) < 4.78 is 72.3. The van der Waals surface area contributed by atoms with Crippen molar-refractivity contribution in [1.29, 1.82) is 0 Å². The van der Waals surface area contributed by atoms with Gasteiger partial charge in [0.1, 0.15) is 5.75 Å². The molecule has 25 heavy (non-hydrogen) atoms. The maximum atomic E-state index is 14.0. The second-order valence-corrected chi connectivity index (χ2v) is 5.10. The summed E-state index contributed by atoms with van der Waals surface area (Å²) in [7, 11) is 1.30. The number of alkyl halides is 5. The summed E-state index contributed by atoms with van der Waals surface area (Å²) in [6, 6.07) is 5.21. The normalized spacial score (nSPS) is 21.0. The van der Waals surface area contributed by atoms with Crippen LogP contribution in [0, 0.1) is 0 Å². The molecule has 2 N–H and O–H groups in total. The van der Waals surface area contributed by atoms with Gasteiger partial charge in [-0.2, -0.15) is 8.78 Å². The number of ether oxygens (including phenoxy) is 2. The summed E-state index contributed by atoms with van der Waals surface area (Å²) in [5.74, 6) is -1.02. The number of carbonyl (C=O) groups excluding carboxylic acids is 1. The number of aliphatic hydroxyl groups is 1. The van der Waals surface area contributed by atoms with Crippen molar-refractivity contribution in [3.05, 3.63) is 41.6 Å². The number of methoxy groups -OCH3 is 1. The Balaban J connectivity index is 2.41. The summed E-state index contributed by atoms with van der Waals surface area (Å²) >= 11 is 0. The van der Waals surface area contributed by atoms with Crippen LogP contribution in [0.3, 0.4) is 0 Å². The van der Waals surface area contributed by atoms with Crippen molar-refractivity contribution in [2.24, 2.45) is 0 Å². The Morgan fingerprint density at radius 1 is 1.28 bits per heavy atom.